The Kier molecular flexibility index (Phi) is 10.6. The number of carbonyl (C=O) groups is 2. The first kappa shape index (κ1) is 30.5. The van der Waals surface area contributed by atoms with E-state index in [1.165, 1.54) is 17.4 Å². The zero-order valence-electron chi connectivity index (χ0n) is 23.8. The minimum absolute atomic E-state index is 0.0752. The fraction of sp³-hybridized carbons (Fsp3) is 0.219. The van der Waals surface area contributed by atoms with Crippen molar-refractivity contribution in [3.63, 3.8) is 0 Å². The molecule has 5 aromatic rings. The third-order valence-electron chi connectivity index (χ3n) is 6.49. The second kappa shape index (κ2) is 15.0. The van der Waals surface area contributed by atoms with Gasteiger partial charge in [0.1, 0.15) is 5.56 Å². The van der Waals surface area contributed by atoms with Crippen molar-refractivity contribution in [2.75, 3.05) is 25.5 Å². The zero-order valence-corrected chi connectivity index (χ0v) is 23.8. The monoisotopic (exact) mass is 579 g/mol. The molecule has 0 spiro atoms. The molecule has 1 aliphatic rings. The molecule has 2 amide bonds. The van der Waals surface area contributed by atoms with Crippen molar-refractivity contribution < 1.29 is 14.3 Å². The molecule has 43 heavy (non-hydrogen) atoms. The van der Waals surface area contributed by atoms with Crippen LogP contribution < -0.4 is 22.3 Å². The van der Waals surface area contributed by atoms with Gasteiger partial charge in [0.25, 0.3) is 11.5 Å². The number of nitrogens with one attached hydrogen (secondary N) is 1. The normalized spacial score (nSPS) is 11.8. The largest absolute Gasteiger partial charge is 0.381 e. The van der Waals surface area contributed by atoms with E-state index in [1.807, 2.05) is 61.5 Å². The third kappa shape index (κ3) is 7.44. The molecule has 0 unspecified atom stereocenters. The molecule has 0 radical (unpaired) electrons. The summed E-state index contributed by atoms with van der Waals surface area (Å²) >= 11 is 0. The molecule has 11 nitrogen and oxygen atoms in total. The number of hydrogen-bond acceptors (Lipinski definition) is 7. The SMILES string of the molecule is C1CCOC1.CCc1cc2cccc(C#CCNC=O)c2c(=O)n1-c1ccccc1.NC(=O)c1c(N)nn2cccnc12. The van der Waals surface area contributed by atoms with E-state index in [1.54, 1.807) is 23.0 Å². The van der Waals surface area contributed by atoms with Crippen LogP contribution in [0.4, 0.5) is 5.82 Å². The second-order valence-corrected chi connectivity index (χ2v) is 9.37. The molecule has 0 aliphatic carbocycles. The van der Waals surface area contributed by atoms with Crippen LogP contribution in [0, 0.1) is 11.8 Å². The molecule has 2 aromatic carbocycles. The highest BCUT2D eigenvalue weighted by molar-refractivity contribution is 6.03. The Balaban J connectivity index is 0.000000193. The first-order chi connectivity index (χ1) is 21.0. The van der Waals surface area contributed by atoms with E-state index in [-0.39, 0.29) is 23.5 Å². The van der Waals surface area contributed by atoms with Crippen molar-refractivity contribution >= 4 is 34.6 Å². The number of para-hydroxylation sites is 1. The lowest BCUT2D eigenvalue weighted by atomic mass is 10.0. The van der Waals surface area contributed by atoms with Gasteiger partial charge in [0.15, 0.2) is 11.5 Å². The molecule has 11 heteroatoms. The second-order valence-electron chi connectivity index (χ2n) is 9.37. The van der Waals surface area contributed by atoms with E-state index in [2.05, 4.69) is 27.2 Å². The van der Waals surface area contributed by atoms with Crippen LogP contribution in [0.2, 0.25) is 0 Å². The van der Waals surface area contributed by atoms with Crippen molar-refractivity contribution in [3.05, 3.63) is 100 Å². The minimum Gasteiger partial charge on any atom is -0.381 e. The maximum Gasteiger partial charge on any atom is 0.264 e. The number of benzene rings is 2. The first-order valence-corrected chi connectivity index (χ1v) is 13.8. The summed E-state index contributed by atoms with van der Waals surface area (Å²) in [5.41, 5.74) is 13.5. The fourth-order valence-electron chi connectivity index (χ4n) is 4.52. The van der Waals surface area contributed by atoms with Crippen LogP contribution in [-0.2, 0) is 16.0 Å². The number of anilines is 1. The minimum atomic E-state index is -0.619. The molecule has 220 valence electrons. The number of pyridine rings is 1. The smallest absolute Gasteiger partial charge is 0.264 e. The maximum atomic E-state index is 13.2. The van der Waals surface area contributed by atoms with Crippen LogP contribution >= 0.6 is 0 Å². The number of amides is 2. The first-order valence-electron chi connectivity index (χ1n) is 13.8. The van der Waals surface area contributed by atoms with Gasteiger partial charge in [-0.25, -0.2) is 9.50 Å². The Bertz CT molecular complexity index is 1820. The summed E-state index contributed by atoms with van der Waals surface area (Å²) in [6, 6.07) is 19.0. The van der Waals surface area contributed by atoms with Gasteiger partial charge in [-0.2, -0.15) is 0 Å². The zero-order chi connectivity index (χ0) is 30.6. The number of nitrogens with two attached hydrogens (primary N) is 2. The van der Waals surface area contributed by atoms with Gasteiger partial charge in [-0.1, -0.05) is 49.1 Å². The number of carbonyl (C=O) groups excluding carboxylic acids is 2. The third-order valence-corrected chi connectivity index (χ3v) is 6.49. The lowest BCUT2D eigenvalue weighted by molar-refractivity contribution is -0.109. The van der Waals surface area contributed by atoms with Gasteiger partial charge >= 0.3 is 0 Å². The Morgan fingerprint density at radius 1 is 1.12 bits per heavy atom. The molecular formula is C32H33N7O4. The van der Waals surface area contributed by atoms with Crippen LogP contribution in [-0.4, -0.2) is 51.2 Å². The summed E-state index contributed by atoms with van der Waals surface area (Å²) in [6.45, 7) is 4.29. The van der Waals surface area contributed by atoms with Crippen LogP contribution in [0.1, 0.15) is 41.4 Å². The summed E-state index contributed by atoms with van der Waals surface area (Å²) in [4.78, 5) is 38.5. The molecule has 5 N–H and O–H groups in total. The molecule has 0 atom stereocenters. The molecular weight excluding hydrogens is 546 g/mol. The molecule has 6 rings (SSSR count). The highest BCUT2D eigenvalue weighted by atomic mass is 16.5. The molecule has 1 fully saturated rings. The lowest BCUT2D eigenvalue weighted by Crippen LogP contribution is -2.22. The van der Waals surface area contributed by atoms with E-state index in [0.29, 0.717) is 23.0 Å². The van der Waals surface area contributed by atoms with Gasteiger partial charge in [-0.05, 0) is 55.0 Å². The van der Waals surface area contributed by atoms with Crippen molar-refractivity contribution in [2.24, 2.45) is 5.73 Å². The van der Waals surface area contributed by atoms with Crippen LogP contribution in [0.15, 0.2) is 77.9 Å². The standard InChI is InChI=1S/C21H18N2O2.C7H7N5O.C4H8O/c1-2-18-14-17-9-6-8-16(10-7-13-22-15-24)20(17)21(25)23(18)19-11-4-3-5-12-19;8-5-4(6(9)13)7-10-2-1-3-12(7)11-5;1-2-4-5-3-1/h3-6,8-9,11-12,14-15H,2,13H2,1H3,(H,22,24);1-3H,(H2,8,11)(H2,9,13);1-4H2. The van der Waals surface area contributed by atoms with Gasteiger partial charge in [0, 0.05) is 42.6 Å². The van der Waals surface area contributed by atoms with E-state index >= 15 is 0 Å². The van der Waals surface area contributed by atoms with Crippen molar-refractivity contribution in [1.29, 1.82) is 0 Å². The highest BCUT2D eigenvalue weighted by Gasteiger charge is 2.15. The van der Waals surface area contributed by atoms with E-state index in [0.717, 1.165) is 36.4 Å². The highest BCUT2D eigenvalue weighted by Crippen LogP contribution is 2.19. The summed E-state index contributed by atoms with van der Waals surface area (Å²) in [6.07, 6.45) is 7.10. The van der Waals surface area contributed by atoms with E-state index in [9.17, 15) is 14.4 Å². The van der Waals surface area contributed by atoms with Crippen LogP contribution in [0.25, 0.3) is 22.1 Å². The molecule has 0 bridgehead atoms. The summed E-state index contributed by atoms with van der Waals surface area (Å²) in [7, 11) is 0. The summed E-state index contributed by atoms with van der Waals surface area (Å²) in [5, 5.41) is 7.84. The molecule has 1 aliphatic heterocycles. The average Bonchev–Trinajstić information content (AvgIpc) is 3.71. The van der Waals surface area contributed by atoms with Crippen LogP contribution in [0.3, 0.4) is 0 Å². The Morgan fingerprint density at radius 2 is 1.88 bits per heavy atom. The number of aryl methyl sites for hydroxylation is 1. The predicted octanol–water partition coefficient (Wildman–Crippen LogP) is 2.86. The van der Waals surface area contributed by atoms with Gasteiger partial charge in [-0.3, -0.25) is 19.0 Å². The molecule has 4 heterocycles. The van der Waals surface area contributed by atoms with Gasteiger partial charge in [0.2, 0.25) is 6.41 Å². The van der Waals surface area contributed by atoms with Gasteiger partial charge in [0.05, 0.1) is 11.9 Å². The quantitative estimate of drug-likeness (QED) is 0.164. The molecule has 3 aromatic heterocycles. The Hall–Kier alpha value is -5.47. The number of hydrogen-bond donors (Lipinski definition) is 3. The number of primary amides is 1. The van der Waals surface area contributed by atoms with Gasteiger partial charge in [-0.15, -0.1) is 5.10 Å². The number of nitrogen functional groups attached to an aromatic ring is 1. The fourth-order valence-corrected chi connectivity index (χ4v) is 4.52. The molecule has 0 saturated carbocycles. The number of aromatic nitrogens is 4. The van der Waals surface area contributed by atoms with Crippen molar-refractivity contribution in [1.82, 2.24) is 24.5 Å². The summed E-state index contributed by atoms with van der Waals surface area (Å²) in [5.74, 6) is 5.35. The van der Waals surface area contributed by atoms with E-state index < -0.39 is 5.91 Å². The number of ether oxygens (including phenoxy) is 1. The molecule has 1 saturated heterocycles. The van der Waals surface area contributed by atoms with E-state index in [4.69, 9.17) is 16.2 Å². The number of fused-ring (bicyclic) bond motifs is 2. The number of nitrogens with zero attached hydrogens (tertiary/aromatic N) is 4. The lowest BCUT2D eigenvalue weighted by Gasteiger charge is -2.14. The topological polar surface area (TPSA) is 160 Å². The average molecular weight is 580 g/mol. The maximum absolute atomic E-state index is 13.2. The Morgan fingerprint density at radius 3 is 2.53 bits per heavy atom. The van der Waals surface area contributed by atoms with Gasteiger partial charge < -0.3 is 21.5 Å². The van der Waals surface area contributed by atoms with Crippen molar-refractivity contribution in [2.45, 2.75) is 26.2 Å². The summed E-state index contributed by atoms with van der Waals surface area (Å²) < 4.78 is 8.10. The predicted molar refractivity (Wildman–Crippen MR) is 166 cm³/mol. The van der Waals surface area contributed by atoms with Crippen LogP contribution in [0.5, 0.6) is 0 Å². The van der Waals surface area contributed by atoms with Crippen molar-refractivity contribution in [3.8, 4) is 17.5 Å². The number of rotatable bonds is 5. The Labute approximate surface area is 248 Å².